The van der Waals surface area contributed by atoms with E-state index in [9.17, 15) is 38.7 Å². The number of unbranched alkanes of at least 4 members (excludes halogenated alkanes) is 2. The van der Waals surface area contributed by atoms with Crippen LogP contribution in [0.5, 0.6) is 5.75 Å². The summed E-state index contributed by atoms with van der Waals surface area (Å²) in [5.41, 5.74) is 3.42. The molecule has 5 aliphatic rings. The van der Waals surface area contributed by atoms with Crippen molar-refractivity contribution in [2.75, 3.05) is 90.7 Å². The Morgan fingerprint density at radius 1 is 0.870 bits per heavy atom. The number of allylic oxidation sites excluding steroid dienone is 2. The first-order valence-electron chi connectivity index (χ1n) is 32.7. The van der Waals surface area contributed by atoms with Crippen molar-refractivity contribution in [3.63, 3.8) is 0 Å². The number of aromatic nitrogens is 7. The number of benzene rings is 2. The van der Waals surface area contributed by atoms with Crippen molar-refractivity contribution < 1.29 is 57.6 Å². The third kappa shape index (κ3) is 16.2. The fourth-order valence-corrected chi connectivity index (χ4v) is 13.6. The lowest BCUT2D eigenvalue weighted by Crippen LogP contribution is -2.55. The number of hydrogen-bond donors (Lipinski definition) is 2. The third-order valence-electron chi connectivity index (χ3n) is 18.8. The number of piperazine rings is 1. The number of anilines is 1. The van der Waals surface area contributed by atoms with E-state index in [2.05, 4.69) is 50.2 Å². The van der Waals surface area contributed by atoms with Gasteiger partial charge in [0.25, 0.3) is 12.1 Å². The summed E-state index contributed by atoms with van der Waals surface area (Å²) in [4.78, 5) is 104. The maximum atomic E-state index is 13.7. The van der Waals surface area contributed by atoms with Gasteiger partial charge in [-0.25, -0.2) is 4.79 Å². The molecule has 4 aliphatic heterocycles. The van der Waals surface area contributed by atoms with E-state index < -0.39 is 30.1 Å². The zero-order chi connectivity index (χ0) is 64.8. The molecule has 7 atom stereocenters. The number of piperidine rings is 1. The van der Waals surface area contributed by atoms with Gasteiger partial charge in [0, 0.05) is 98.7 Å². The number of likely N-dealkylation sites (tertiary alicyclic amines) is 2. The number of ether oxygens (including phenoxy) is 3. The quantitative estimate of drug-likeness (QED) is 0.0207. The molecule has 5 aromatic rings. The van der Waals surface area contributed by atoms with Crippen molar-refractivity contribution in [3.8, 4) is 5.75 Å². The number of esters is 1. The molecule has 4 saturated heterocycles. The second-order valence-corrected chi connectivity index (χ2v) is 24.9. The van der Waals surface area contributed by atoms with Gasteiger partial charge in [-0.3, -0.25) is 43.2 Å². The van der Waals surface area contributed by atoms with E-state index >= 15 is 0 Å². The first-order valence-corrected chi connectivity index (χ1v) is 32.7. The minimum absolute atomic E-state index is 0.00284. The monoisotopic (exact) mass is 1270 g/mol. The van der Waals surface area contributed by atoms with Crippen LogP contribution in [0.4, 0.5) is 10.6 Å². The van der Waals surface area contributed by atoms with Crippen LogP contribution in [0.25, 0.3) is 11.7 Å². The largest absolute Gasteiger partial charge is 0.492 e. The Morgan fingerprint density at radius 2 is 1.64 bits per heavy atom. The summed E-state index contributed by atoms with van der Waals surface area (Å²) < 4.78 is 22.7. The van der Waals surface area contributed by atoms with Gasteiger partial charge in [0.05, 0.1) is 56.2 Å². The number of aliphatic hydroxyl groups is 1. The molecule has 3 aromatic heterocycles. The molecule has 25 nitrogen and oxygen atoms in total. The van der Waals surface area contributed by atoms with Crippen LogP contribution in [0.1, 0.15) is 119 Å². The molecule has 0 radical (unpaired) electrons. The molecule has 2 N–H and O–H groups in total. The van der Waals surface area contributed by atoms with Crippen LogP contribution < -0.4 is 19.6 Å². The van der Waals surface area contributed by atoms with Crippen LogP contribution >= 0.6 is 0 Å². The summed E-state index contributed by atoms with van der Waals surface area (Å²) in [6.45, 7) is 14.9. The average Bonchev–Trinajstić information content (AvgIpc) is 1.61. The highest BCUT2D eigenvalue weighted by Gasteiger charge is 2.57. The lowest BCUT2D eigenvalue weighted by Gasteiger charge is -2.37. The number of carbonyl (C=O) groups is 7. The minimum Gasteiger partial charge on any atom is -0.492 e. The molecule has 5 fully saturated rings. The number of nitrogens with zero attached hydrogens (tertiary/aromatic N) is 13. The lowest BCUT2D eigenvalue weighted by atomic mass is 9.89. The Morgan fingerprint density at radius 3 is 2.40 bits per heavy atom. The highest BCUT2D eigenvalue weighted by Crippen LogP contribution is 2.49. The predicted octanol–water partition coefficient (Wildman–Crippen LogP) is 5.12. The summed E-state index contributed by atoms with van der Waals surface area (Å²) in [5.74, 6) is 0.507. The third-order valence-corrected chi connectivity index (χ3v) is 18.8. The van der Waals surface area contributed by atoms with Crippen LogP contribution in [0.15, 0.2) is 91.7 Å². The molecule has 2 aromatic carbocycles. The number of aryl methyl sites for hydroxylation is 2. The van der Waals surface area contributed by atoms with Crippen molar-refractivity contribution in [2.24, 2.45) is 23.7 Å². The van der Waals surface area contributed by atoms with E-state index in [1.807, 2.05) is 81.6 Å². The molecule has 0 bridgehead atoms. The molecular formula is C67H89N14O11+. The minimum atomic E-state index is -0.775. The number of nitrogens with one attached hydrogen (secondary N) is 1. The lowest BCUT2D eigenvalue weighted by molar-refractivity contribution is -0.781. The fourth-order valence-electron chi connectivity index (χ4n) is 13.6. The second kappa shape index (κ2) is 31.2. The molecule has 6 amide bonds. The van der Waals surface area contributed by atoms with Gasteiger partial charge in [0.2, 0.25) is 29.5 Å². The summed E-state index contributed by atoms with van der Waals surface area (Å²) in [5, 5.41) is 30.0. The van der Waals surface area contributed by atoms with Crippen molar-refractivity contribution in [3.05, 3.63) is 114 Å². The van der Waals surface area contributed by atoms with E-state index in [0.29, 0.717) is 81.3 Å². The van der Waals surface area contributed by atoms with Crippen LogP contribution in [0.2, 0.25) is 0 Å². The smallest absolute Gasteiger partial charge is 0.413 e. The summed E-state index contributed by atoms with van der Waals surface area (Å²) in [7, 11) is 1.85. The predicted molar refractivity (Wildman–Crippen MR) is 339 cm³/mol. The second-order valence-electron chi connectivity index (χ2n) is 24.9. The molecule has 10 rings (SSSR count). The number of imide groups is 1. The molecule has 92 heavy (non-hydrogen) atoms. The van der Waals surface area contributed by atoms with E-state index in [1.54, 1.807) is 38.2 Å². The van der Waals surface area contributed by atoms with Gasteiger partial charge in [-0.2, -0.15) is 0 Å². The van der Waals surface area contributed by atoms with Crippen molar-refractivity contribution in [2.45, 2.75) is 129 Å². The van der Waals surface area contributed by atoms with Crippen LogP contribution in [0, 0.1) is 30.6 Å². The molecule has 7 heterocycles. The highest BCUT2D eigenvalue weighted by molar-refractivity contribution is 6.06. The van der Waals surface area contributed by atoms with E-state index in [-0.39, 0.29) is 119 Å². The topological polar surface area (TPSA) is 264 Å². The Kier molecular flexibility index (Phi) is 22.5. The van der Waals surface area contributed by atoms with Gasteiger partial charge >= 0.3 is 17.7 Å². The Bertz CT molecular complexity index is 3420. The van der Waals surface area contributed by atoms with Crippen molar-refractivity contribution in [1.29, 1.82) is 0 Å². The zero-order valence-electron chi connectivity index (χ0n) is 53.5. The van der Waals surface area contributed by atoms with Crippen molar-refractivity contribution in [1.82, 2.24) is 59.5 Å². The van der Waals surface area contributed by atoms with Gasteiger partial charge < -0.3 is 44.2 Å². The molecule has 25 heteroatoms. The van der Waals surface area contributed by atoms with Gasteiger partial charge in [-0.15, -0.1) is 11.7 Å². The van der Waals surface area contributed by atoms with Crippen molar-refractivity contribution >= 4 is 59.1 Å². The number of rotatable bonds is 29. The molecule has 3 unspecified atom stereocenters. The van der Waals surface area contributed by atoms with Gasteiger partial charge in [-0.05, 0) is 104 Å². The normalized spacial score (nSPS) is 21.6. The van der Waals surface area contributed by atoms with E-state index in [4.69, 9.17) is 24.4 Å². The number of fused-ring (bicyclic) bond motifs is 2. The number of likely N-dealkylation sites (N-methyl/N-ethyl adjacent to an activating group) is 1. The number of carbonyl (C=O) groups excluding carboxylic acids is 7. The Balaban J connectivity index is 0.642. The number of amides is 6. The summed E-state index contributed by atoms with van der Waals surface area (Å²) in [6.07, 6.45) is 11.9. The summed E-state index contributed by atoms with van der Waals surface area (Å²) in [6, 6.07) is 21.7. The first-order chi connectivity index (χ1) is 44.6. The average molecular weight is 1270 g/mol. The van der Waals surface area contributed by atoms with E-state index in [0.717, 1.165) is 56.2 Å². The summed E-state index contributed by atoms with van der Waals surface area (Å²) >= 11 is 0. The van der Waals surface area contributed by atoms with E-state index in [1.165, 1.54) is 20.0 Å². The number of aliphatic hydroxyl groups excluding tert-OH is 1. The fraction of sp³-hybridized carbons (Fsp3) is 0.552. The molecule has 492 valence electrons. The molecular weight excluding hydrogens is 1180 g/mol. The highest BCUT2D eigenvalue weighted by atomic mass is 16.6. The molecule has 1 aliphatic carbocycles. The molecule has 0 spiro atoms. The van der Waals surface area contributed by atoms with Gasteiger partial charge in [0.15, 0.2) is 5.82 Å². The Labute approximate surface area is 537 Å². The van der Waals surface area contributed by atoms with Crippen LogP contribution in [-0.2, 0) is 51.3 Å². The molecule has 1 saturated carbocycles. The van der Waals surface area contributed by atoms with Crippen LogP contribution in [0.3, 0.4) is 0 Å². The number of hydrogen-bond acceptors (Lipinski definition) is 17. The zero-order valence-corrected chi connectivity index (χ0v) is 53.5. The van der Waals surface area contributed by atoms with Crippen LogP contribution in [-0.4, -0.2) is 199 Å². The standard InChI is InChI=1S/C67H88N14O11/c1-6-50-42-53(19-18-49-14-9-7-10-15-49)63-62(50)65(87)79(66(63)88)31-12-8-11-17-60(84)76(35-28-58(83)68-30-40-82)43-54-44-77(72-69-54)36-29-61(85)91-45-55-16-13-32-78(55)67(89)92-48(4)81-59-25-24-57(71-80(59)47(3)70-81)75-33-26-52(27-34-75)51-20-22-56(23-21-51)90-41-39-74-38-37-73(5)64(86)46(74)2/h6-7,9-10,14-15,18-25,44,46,48,50,52-53,55,62-63,82H,1,8,11-13,16-17,26-43,45H2,2-5H3/p+1/b19-18+/t46-,48?,50?,53?,55-,62+,63-/m0/s1. The van der Waals surface area contributed by atoms with Gasteiger partial charge in [-0.1, -0.05) is 86.6 Å². The maximum Gasteiger partial charge on any atom is 0.413 e. The maximum absolute atomic E-state index is 13.7. The first kappa shape index (κ1) is 66.3. The SMILES string of the molecule is C=CC1CC(/C=C/c2ccccc2)[C@@H]2C(=O)N(CCCCCC(=O)N(CCC(=O)NCCO)Cc3cn(CCC(=O)OC[C@@H]4CCCN4C(=O)OC(C)[n+]4nc(C)n5nc(N6CCC(c7ccc(OCCN8CCN(C)C(=O)[C@@H]8C)cc7)CC6)ccc54)nn3)C(=O)[C@H]12. The Hall–Kier alpha value is -8.58. The van der Waals surface area contributed by atoms with Gasteiger partial charge in [0.1, 0.15) is 24.7 Å².